The minimum atomic E-state index is 0.543. The smallest absolute Gasteiger partial charge is 0.161 e. The van der Waals surface area contributed by atoms with E-state index in [0.717, 1.165) is 35.9 Å². The summed E-state index contributed by atoms with van der Waals surface area (Å²) in [6.07, 6.45) is 0.945. The Bertz CT molecular complexity index is 601. The molecule has 0 aliphatic carbocycles. The second kappa shape index (κ2) is 6.70. The summed E-state index contributed by atoms with van der Waals surface area (Å²) in [7, 11) is 0. The Balaban J connectivity index is 2.43. The predicted octanol–water partition coefficient (Wildman–Crippen LogP) is 4.57. The van der Waals surface area contributed by atoms with E-state index in [2.05, 4.69) is 69.2 Å². The Morgan fingerprint density at radius 2 is 1.71 bits per heavy atom. The van der Waals surface area contributed by atoms with Crippen LogP contribution in [-0.4, -0.2) is 16.5 Å². The average Bonchev–Trinajstić information content (AvgIpc) is 2.47. The standard InChI is InChI=1S/C18H25N3/c1-6-16-13(5)20-17(21-18(16)19-7-2)15-10-8-14(9-11-15)12(3)4/h8-12H,6-7H2,1-5H3,(H,19,20,21). The second-order valence-corrected chi connectivity index (χ2v) is 5.62. The number of hydrogen-bond acceptors (Lipinski definition) is 3. The SMILES string of the molecule is CCNc1nc(-c2ccc(C(C)C)cc2)nc(C)c1CC. The van der Waals surface area contributed by atoms with E-state index < -0.39 is 0 Å². The molecule has 0 amide bonds. The van der Waals surface area contributed by atoms with Gasteiger partial charge < -0.3 is 5.32 Å². The van der Waals surface area contributed by atoms with E-state index in [4.69, 9.17) is 4.98 Å². The van der Waals surface area contributed by atoms with Crippen LogP contribution >= 0.6 is 0 Å². The van der Waals surface area contributed by atoms with Crippen LogP contribution in [0.4, 0.5) is 5.82 Å². The maximum atomic E-state index is 4.72. The fourth-order valence-electron chi connectivity index (χ4n) is 2.48. The molecule has 3 nitrogen and oxygen atoms in total. The largest absolute Gasteiger partial charge is 0.370 e. The summed E-state index contributed by atoms with van der Waals surface area (Å²) < 4.78 is 0. The predicted molar refractivity (Wildman–Crippen MR) is 89.8 cm³/mol. The van der Waals surface area contributed by atoms with Gasteiger partial charge in [0, 0.05) is 23.4 Å². The van der Waals surface area contributed by atoms with Crippen molar-refractivity contribution in [3.63, 3.8) is 0 Å². The number of benzene rings is 1. The Labute approximate surface area is 127 Å². The van der Waals surface area contributed by atoms with E-state index >= 15 is 0 Å². The van der Waals surface area contributed by atoms with Crippen molar-refractivity contribution in [3.05, 3.63) is 41.1 Å². The molecule has 112 valence electrons. The van der Waals surface area contributed by atoms with Crippen LogP contribution in [0.2, 0.25) is 0 Å². The van der Waals surface area contributed by atoms with Crippen molar-refractivity contribution in [1.82, 2.24) is 9.97 Å². The lowest BCUT2D eigenvalue weighted by atomic mass is 10.0. The maximum Gasteiger partial charge on any atom is 0.161 e. The van der Waals surface area contributed by atoms with Gasteiger partial charge in [0.15, 0.2) is 5.82 Å². The third-order valence-corrected chi connectivity index (χ3v) is 3.75. The topological polar surface area (TPSA) is 37.8 Å². The first-order valence-corrected chi connectivity index (χ1v) is 7.78. The average molecular weight is 283 g/mol. The summed E-state index contributed by atoms with van der Waals surface area (Å²) in [6.45, 7) is 11.6. The minimum absolute atomic E-state index is 0.543. The summed E-state index contributed by atoms with van der Waals surface area (Å²) >= 11 is 0. The normalized spacial score (nSPS) is 11.0. The summed E-state index contributed by atoms with van der Waals surface area (Å²) in [4.78, 5) is 9.40. The highest BCUT2D eigenvalue weighted by Crippen LogP contribution is 2.24. The van der Waals surface area contributed by atoms with E-state index in [1.54, 1.807) is 0 Å². The van der Waals surface area contributed by atoms with Gasteiger partial charge in [0.25, 0.3) is 0 Å². The lowest BCUT2D eigenvalue weighted by Gasteiger charge is -2.13. The van der Waals surface area contributed by atoms with Gasteiger partial charge in [-0.15, -0.1) is 0 Å². The molecule has 0 bridgehead atoms. The van der Waals surface area contributed by atoms with Crippen LogP contribution in [0.3, 0.4) is 0 Å². The summed E-state index contributed by atoms with van der Waals surface area (Å²) in [5.74, 6) is 2.31. The van der Waals surface area contributed by atoms with Gasteiger partial charge in [-0.05, 0) is 31.7 Å². The highest BCUT2D eigenvalue weighted by Gasteiger charge is 2.11. The van der Waals surface area contributed by atoms with Crippen molar-refractivity contribution in [2.24, 2.45) is 0 Å². The van der Waals surface area contributed by atoms with Crippen LogP contribution in [0.5, 0.6) is 0 Å². The van der Waals surface area contributed by atoms with E-state index in [0.29, 0.717) is 5.92 Å². The van der Waals surface area contributed by atoms with Crippen LogP contribution in [-0.2, 0) is 6.42 Å². The molecule has 1 heterocycles. The minimum Gasteiger partial charge on any atom is -0.370 e. The maximum absolute atomic E-state index is 4.72. The Morgan fingerprint density at radius 1 is 1.05 bits per heavy atom. The Kier molecular flexibility index (Phi) is 4.94. The van der Waals surface area contributed by atoms with Gasteiger partial charge in [0.05, 0.1) is 0 Å². The molecule has 0 radical (unpaired) electrons. The van der Waals surface area contributed by atoms with Crippen LogP contribution < -0.4 is 5.32 Å². The number of anilines is 1. The first kappa shape index (κ1) is 15.5. The van der Waals surface area contributed by atoms with Gasteiger partial charge in [-0.2, -0.15) is 0 Å². The molecule has 0 fully saturated rings. The van der Waals surface area contributed by atoms with Crippen LogP contribution in [0, 0.1) is 6.92 Å². The molecule has 0 aliphatic heterocycles. The molecule has 1 N–H and O–H groups in total. The zero-order valence-electron chi connectivity index (χ0n) is 13.7. The van der Waals surface area contributed by atoms with Crippen molar-refractivity contribution in [3.8, 4) is 11.4 Å². The Morgan fingerprint density at radius 3 is 2.24 bits per heavy atom. The molecule has 0 aliphatic rings. The molecule has 0 saturated carbocycles. The number of aryl methyl sites for hydroxylation is 1. The third kappa shape index (κ3) is 3.41. The molecule has 0 atom stereocenters. The van der Waals surface area contributed by atoms with E-state index in [-0.39, 0.29) is 0 Å². The van der Waals surface area contributed by atoms with Gasteiger partial charge in [-0.1, -0.05) is 45.0 Å². The Hall–Kier alpha value is -1.90. The number of aromatic nitrogens is 2. The highest BCUT2D eigenvalue weighted by molar-refractivity contribution is 5.60. The van der Waals surface area contributed by atoms with Crippen LogP contribution in [0.15, 0.2) is 24.3 Å². The zero-order valence-corrected chi connectivity index (χ0v) is 13.7. The lowest BCUT2D eigenvalue weighted by Crippen LogP contribution is -2.08. The lowest BCUT2D eigenvalue weighted by molar-refractivity contribution is 0.866. The van der Waals surface area contributed by atoms with Crippen molar-refractivity contribution in [2.45, 2.75) is 47.0 Å². The molecule has 1 aromatic carbocycles. The molecule has 0 spiro atoms. The van der Waals surface area contributed by atoms with Crippen molar-refractivity contribution >= 4 is 5.82 Å². The molecule has 21 heavy (non-hydrogen) atoms. The summed E-state index contributed by atoms with van der Waals surface area (Å²) in [6, 6.07) is 8.57. The van der Waals surface area contributed by atoms with Crippen molar-refractivity contribution in [2.75, 3.05) is 11.9 Å². The van der Waals surface area contributed by atoms with Crippen LogP contribution in [0.1, 0.15) is 50.4 Å². The third-order valence-electron chi connectivity index (χ3n) is 3.75. The zero-order chi connectivity index (χ0) is 15.4. The molecule has 3 heteroatoms. The van der Waals surface area contributed by atoms with Gasteiger partial charge in [-0.25, -0.2) is 9.97 Å². The highest BCUT2D eigenvalue weighted by atomic mass is 15.0. The molecule has 0 unspecified atom stereocenters. The fraction of sp³-hybridized carbons (Fsp3) is 0.444. The molecular formula is C18H25N3. The first-order chi connectivity index (χ1) is 10.1. The number of nitrogens with one attached hydrogen (secondary N) is 1. The quantitative estimate of drug-likeness (QED) is 0.873. The molecule has 2 aromatic rings. The molecule has 1 aromatic heterocycles. The van der Waals surface area contributed by atoms with Crippen LogP contribution in [0.25, 0.3) is 11.4 Å². The van der Waals surface area contributed by atoms with E-state index in [9.17, 15) is 0 Å². The number of nitrogens with zero attached hydrogens (tertiary/aromatic N) is 2. The van der Waals surface area contributed by atoms with Gasteiger partial charge in [-0.3, -0.25) is 0 Å². The fourth-order valence-corrected chi connectivity index (χ4v) is 2.48. The van der Waals surface area contributed by atoms with Gasteiger partial charge >= 0.3 is 0 Å². The number of hydrogen-bond donors (Lipinski definition) is 1. The molecule has 2 rings (SSSR count). The summed E-state index contributed by atoms with van der Waals surface area (Å²) in [5.41, 5.74) is 4.68. The summed E-state index contributed by atoms with van der Waals surface area (Å²) in [5, 5.41) is 3.36. The van der Waals surface area contributed by atoms with Gasteiger partial charge in [0.1, 0.15) is 5.82 Å². The van der Waals surface area contributed by atoms with Crippen molar-refractivity contribution in [1.29, 1.82) is 0 Å². The second-order valence-electron chi connectivity index (χ2n) is 5.62. The van der Waals surface area contributed by atoms with E-state index in [1.165, 1.54) is 11.1 Å². The first-order valence-electron chi connectivity index (χ1n) is 7.78. The van der Waals surface area contributed by atoms with Gasteiger partial charge in [0.2, 0.25) is 0 Å². The number of rotatable bonds is 5. The molecule has 0 saturated heterocycles. The van der Waals surface area contributed by atoms with Crippen molar-refractivity contribution < 1.29 is 0 Å². The van der Waals surface area contributed by atoms with E-state index in [1.807, 2.05) is 0 Å². The molecular weight excluding hydrogens is 258 g/mol. The monoisotopic (exact) mass is 283 g/mol.